The minimum absolute atomic E-state index is 0.0970. The number of halogens is 1. The standard InChI is InChI=1S/C16H16ClNO/c1-2-6-13-11-14(17)9-10-15(13)18-16(19)12-7-4-3-5-8-12/h3-5,7-11H,2,6H2,1H3,(H,18,19). The molecule has 2 rings (SSSR count). The lowest BCUT2D eigenvalue weighted by Crippen LogP contribution is -2.13. The van der Waals surface area contributed by atoms with E-state index in [0.717, 1.165) is 24.1 Å². The molecule has 19 heavy (non-hydrogen) atoms. The maximum Gasteiger partial charge on any atom is 0.255 e. The molecule has 3 heteroatoms. The highest BCUT2D eigenvalue weighted by atomic mass is 35.5. The van der Waals surface area contributed by atoms with Crippen LogP contribution in [0.3, 0.4) is 0 Å². The zero-order valence-corrected chi connectivity index (χ0v) is 11.6. The predicted molar refractivity (Wildman–Crippen MR) is 79.8 cm³/mol. The fraction of sp³-hybridized carbons (Fsp3) is 0.188. The number of hydrogen-bond acceptors (Lipinski definition) is 1. The van der Waals surface area contributed by atoms with E-state index in [9.17, 15) is 4.79 Å². The van der Waals surface area contributed by atoms with Crippen LogP contribution in [0.2, 0.25) is 5.02 Å². The zero-order chi connectivity index (χ0) is 13.7. The molecule has 0 aliphatic carbocycles. The first-order valence-electron chi connectivity index (χ1n) is 6.35. The van der Waals surface area contributed by atoms with Crippen molar-refractivity contribution in [1.29, 1.82) is 0 Å². The third-order valence-electron chi connectivity index (χ3n) is 2.87. The Morgan fingerprint density at radius 3 is 2.58 bits per heavy atom. The van der Waals surface area contributed by atoms with Crippen molar-refractivity contribution in [3.05, 3.63) is 64.7 Å². The van der Waals surface area contributed by atoms with E-state index in [2.05, 4.69) is 12.2 Å². The van der Waals surface area contributed by atoms with Gasteiger partial charge < -0.3 is 5.32 Å². The predicted octanol–water partition coefficient (Wildman–Crippen LogP) is 4.54. The molecule has 98 valence electrons. The van der Waals surface area contributed by atoms with E-state index < -0.39 is 0 Å². The van der Waals surface area contributed by atoms with E-state index in [4.69, 9.17) is 11.6 Å². The summed E-state index contributed by atoms with van der Waals surface area (Å²) in [5.74, 6) is -0.0970. The minimum atomic E-state index is -0.0970. The van der Waals surface area contributed by atoms with E-state index in [1.165, 1.54) is 0 Å². The van der Waals surface area contributed by atoms with Gasteiger partial charge in [-0.15, -0.1) is 0 Å². The van der Waals surface area contributed by atoms with Crippen molar-refractivity contribution in [2.75, 3.05) is 5.32 Å². The molecule has 2 nitrogen and oxygen atoms in total. The van der Waals surface area contributed by atoms with Crippen LogP contribution in [0.15, 0.2) is 48.5 Å². The van der Waals surface area contributed by atoms with Crippen LogP contribution < -0.4 is 5.32 Å². The van der Waals surface area contributed by atoms with Crippen LogP contribution in [0.5, 0.6) is 0 Å². The molecule has 0 fully saturated rings. The molecule has 2 aromatic carbocycles. The van der Waals surface area contributed by atoms with Gasteiger partial charge in [-0.25, -0.2) is 0 Å². The largest absolute Gasteiger partial charge is 0.322 e. The molecule has 0 aliphatic rings. The van der Waals surface area contributed by atoms with Gasteiger partial charge in [-0.1, -0.05) is 43.1 Å². The Kier molecular flexibility index (Phi) is 4.58. The Balaban J connectivity index is 2.21. The summed E-state index contributed by atoms with van der Waals surface area (Å²) in [6.45, 7) is 2.10. The molecule has 0 atom stereocenters. The first-order chi connectivity index (χ1) is 9.20. The van der Waals surface area contributed by atoms with Crippen LogP contribution in [0, 0.1) is 0 Å². The van der Waals surface area contributed by atoms with Gasteiger partial charge in [-0.2, -0.15) is 0 Å². The molecule has 1 amide bonds. The smallest absolute Gasteiger partial charge is 0.255 e. The first kappa shape index (κ1) is 13.6. The number of benzene rings is 2. The molecule has 0 saturated carbocycles. The monoisotopic (exact) mass is 273 g/mol. The molecule has 0 heterocycles. The maximum absolute atomic E-state index is 12.1. The topological polar surface area (TPSA) is 29.1 Å². The summed E-state index contributed by atoms with van der Waals surface area (Å²) in [5.41, 5.74) is 2.55. The van der Waals surface area contributed by atoms with Crippen molar-refractivity contribution in [2.24, 2.45) is 0 Å². The molecule has 0 unspecified atom stereocenters. The van der Waals surface area contributed by atoms with E-state index in [1.54, 1.807) is 18.2 Å². The zero-order valence-electron chi connectivity index (χ0n) is 10.8. The summed E-state index contributed by atoms with van der Waals surface area (Å²) in [4.78, 5) is 12.1. The summed E-state index contributed by atoms with van der Waals surface area (Å²) >= 11 is 5.99. The van der Waals surface area contributed by atoms with Gasteiger partial charge in [0, 0.05) is 16.3 Å². The minimum Gasteiger partial charge on any atom is -0.322 e. The van der Waals surface area contributed by atoms with Crippen molar-refractivity contribution in [1.82, 2.24) is 0 Å². The lowest BCUT2D eigenvalue weighted by molar-refractivity contribution is 0.102. The summed E-state index contributed by atoms with van der Waals surface area (Å²) in [6, 6.07) is 14.7. The van der Waals surface area contributed by atoms with Crippen LogP contribution in [0.25, 0.3) is 0 Å². The highest BCUT2D eigenvalue weighted by Crippen LogP contribution is 2.22. The molecule has 0 spiro atoms. The lowest BCUT2D eigenvalue weighted by Gasteiger charge is -2.11. The van der Waals surface area contributed by atoms with Crippen molar-refractivity contribution >= 4 is 23.2 Å². The number of rotatable bonds is 4. The Bertz CT molecular complexity index is 566. The number of nitrogens with one attached hydrogen (secondary N) is 1. The van der Waals surface area contributed by atoms with Crippen molar-refractivity contribution in [3.63, 3.8) is 0 Å². The van der Waals surface area contributed by atoms with Gasteiger partial charge in [0.1, 0.15) is 0 Å². The number of amides is 1. The highest BCUT2D eigenvalue weighted by molar-refractivity contribution is 6.30. The van der Waals surface area contributed by atoms with Gasteiger partial charge in [0.2, 0.25) is 0 Å². The molecule has 0 saturated heterocycles. The summed E-state index contributed by atoms with van der Waals surface area (Å²) in [5, 5.41) is 3.64. The quantitative estimate of drug-likeness (QED) is 0.870. The molecular weight excluding hydrogens is 258 g/mol. The molecule has 0 bridgehead atoms. The van der Waals surface area contributed by atoms with Gasteiger partial charge in [0.25, 0.3) is 5.91 Å². The van der Waals surface area contributed by atoms with Crippen LogP contribution in [0.1, 0.15) is 29.3 Å². The van der Waals surface area contributed by atoms with Crippen molar-refractivity contribution < 1.29 is 4.79 Å². The summed E-state index contributed by atoms with van der Waals surface area (Å²) in [6.07, 6.45) is 1.90. The third-order valence-corrected chi connectivity index (χ3v) is 3.11. The van der Waals surface area contributed by atoms with Crippen molar-refractivity contribution in [3.8, 4) is 0 Å². The number of carbonyl (C=O) groups excluding carboxylic acids is 1. The summed E-state index contributed by atoms with van der Waals surface area (Å²) < 4.78 is 0. The normalized spacial score (nSPS) is 10.2. The molecule has 1 N–H and O–H groups in total. The SMILES string of the molecule is CCCc1cc(Cl)ccc1NC(=O)c1ccccc1. The molecular formula is C16H16ClNO. The Morgan fingerprint density at radius 1 is 1.16 bits per heavy atom. The van der Waals surface area contributed by atoms with Crippen molar-refractivity contribution in [2.45, 2.75) is 19.8 Å². The second kappa shape index (κ2) is 6.39. The molecule has 0 aliphatic heterocycles. The van der Waals surface area contributed by atoms with Crippen LogP contribution in [0.4, 0.5) is 5.69 Å². The van der Waals surface area contributed by atoms with Gasteiger partial charge in [-0.05, 0) is 42.3 Å². The van der Waals surface area contributed by atoms with E-state index in [0.29, 0.717) is 10.6 Å². The Labute approximate surface area is 118 Å². The first-order valence-corrected chi connectivity index (χ1v) is 6.73. The number of hydrogen-bond donors (Lipinski definition) is 1. The molecule has 0 radical (unpaired) electrons. The van der Waals surface area contributed by atoms with Gasteiger partial charge in [-0.3, -0.25) is 4.79 Å². The number of anilines is 1. The second-order valence-electron chi connectivity index (χ2n) is 4.37. The Morgan fingerprint density at radius 2 is 1.89 bits per heavy atom. The van der Waals surface area contributed by atoms with Crippen LogP contribution >= 0.6 is 11.6 Å². The number of aryl methyl sites for hydroxylation is 1. The van der Waals surface area contributed by atoms with E-state index >= 15 is 0 Å². The average Bonchev–Trinajstić information content (AvgIpc) is 2.43. The third kappa shape index (κ3) is 3.58. The average molecular weight is 274 g/mol. The summed E-state index contributed by atoms with van der Waals surface area (Å²) in [7, 11) is 0. The highest BCUT2D eigenvalue weighted by Gasteiger charge is 2.08. The van der Waals surface area contributed by atoms with Gasteiger partial charge >= 0.3 is 0 Å². The van der Waals surface area contributed by atoms with E-state index in [-0.39, 0.29) is 5.91 Å². The fourth-order valence-corrected chi connectivity index (χ4v) is 2.14. The lowest BCUT2D eigenvalue weighted by atomic mass is 10.1. The van der Waals surface area contributed by atoms with Crippen LogP contribution in [-0.2, 0) is 6.42 Å². The second-order valence-corrected chi connectivity index (χ2v) is 4.81. The number of carbonyl (C=O) groups is 1. The van der Waals surface area contributed by atoms with Crippen LogP contribution in [-0.4, -0.2) is 5.91 Å². The fourth-order valence-electron chi connectivity index (χ4n) is 1.94. The maximum atomic E-state index is 12.1. The Hall–Kier alpha value is -1.80. The molecule has 2 aromatic rings. The van der Waals surface area contributed by atoms with Gasteiger partial charge in [0.05, 0.1) is 0 Å². The van der Waals surface area contributed by atoms with E-state index in [1.807, 2.05) is 30.3 Å². The molecule has 0 aromatic heterocycles. The van der Waals surface area contributed by atoms with Gasteiger partial charge in [0.15, 0.2) is 0 Å².